The van der Waals surface area contributed by atoms with Crippen molar-refractivity contribution in [1.82, 2.24) is 5.32 Å². The predicted octanol–water partition coefficient (Wildman–Crippen LogP) is 2.80. The predicted molar refractivity (Wildman–Crippen MR) is 88.0 cm³/mol. The summed E-state index contributed by atoms with van der Waals surface area (Å²) in [7, 11) is 1.57. The van der Waals surface area contributed by atoms with Crippen LogP contribution in [0.5, 0.6) is 17.2 Å². The van der Waals surface area contributed by atoms with Gasteiger partial charge in [0.25, 0.3) is 5.91 Å². The Kier molecular flexibility index (Phi) is 6.42. The maximum Gasteiger partial charge on any atom is 0.260 e. The number of carbonyl (C=O) groups excluding carboxylic acids is 1. The molecule has 2 rings (SSSR count). The van der Waals surface area contributed by atoms with E-state index in [1.54, 1.807) is 38.3 Å². The number of hydrogen-bond acceptors (Lipinski definition) is 4. The lowest BCUT2D eigenvalue weighted by Gasteiger charge is -2.15. The molecule has 1 atom stereocenters. The minimum atomic E-state index is -0.650. The largest absolute Gasteiger partial charge is 0.497 e. The third kappa shape index (κ3) is 5.46. The first kappa shape index (κ1) is 17.6. The van der Waals surface area contributed by atoms with E-state index < -0.39 is 6.10 Å². The van der Waals surface area contributed by atoms with Crippen LogP contribution in [0.4, 0.5) is 4.39 Å². The molecule has 2 aromatic carbocycles. The maximum atomic E-state index is 12.8. The Morgan fingerprint density at radius 1 is 1.12 bits per heavy atom. The Balaban J connectivity index is 1.72. The van der Waals surface area contributed by atoms with E-state index in [0.717, 1.165) is 0 Å². The lowest BCUT2D eigenvalue weighted by Crippen LogP contribution is -2.38. The lowest BCUT2D eigenvalue weighted by molar-refractivity contribution is -0.127. The standard InChI is InChI=1S/C18H20FNO4/c1-13(24-17-5-3-4-16(12-17)22-2)18(21)20-10-11-23-15-8-6-14(19)7-9-15/h3-9,12-13H,10-11H2,1-2H3,(H,20,21)/t13-/m0/s1. The summed E-state index contributed by atoms with van der Waals surface area (Å²) in [4.78, 5) is 12.0. The van der Waals surface area contributed by atoms with E-state index in [0.29, 0.717) is 23.8 Å². The summed E-state index contributed by atoms with van der Waals surface area (Å²) in [5.41, 5.74) is 0. The Hall–Kier alpha value is -2.76. The summed E-state index contributed by atoms with van der Waals surface area (Å²) < 4.78 is 28.8. The van der Waals surface area contributed by atoms with Crippen molar-refractivity contribution in [2.75, 3.05) is 20.3 Å². The number of halogens is 1. The lowest BCUT2D eigenvalue weighted by atomic mass is 10.3. The second kappa shape index (κ2) is 8.76. The zero-order chi connectivity index (χ0) is 17.4. The Morgan fingerprint density at radius 2 is 1.83 bits per heavy atom. The van der Waals surface area contributed by atoms with Crippen molar-refractivity contribution in [2.24, 2.45) is 0 Å². The molecule has 0 unspecified atom stereocenters. The van der Waals surface area contributed by atoms with Crippen LogP contribution in [0.25, 0.3) is 0 Å². The molecule has 0 spiro atoms. The quantitative estimate of drug-likeness (QED) is 0.755. The molecular weight excluding hydrogens is 313 g/mol. The van der Waals surface area contributed by atoms with Gasteiger partial charge in [-0.05, 0) is 43.3 Å². The highest BCUT2D eigenvalue weighted by Gasteiger charge is 2.14. The Labute approximate surface area is 140 Å². The fourth-order valence-electron chi connectivity index (χ4n) is 1.95. The number of rotatable bonds is 8. The van der Waals surface area contributed by atoms with Gasteiger partial charge in [-0.1, -0.05) is 6.07 Å². The van der Waals surface area contributed by atoms with Crippen LogP contribution in [-0.2, 0) is 4.79 Å². The van der Waals surface area contributed by atoms with Crippen LogP contribution in [0.15, 0.2) is 48.5 Å². The van der Waals surface area contributed by atoms with Gasteiger partial charge in [0, 0.05) is 6.07 Å². The first-order valence-corrected chi connectivity index (χ1v) is 7.55. The van der Waals surface area contributed by atoms with Gasteiger partial charge in [-0.25, -0.2) is 4.39 Å². The molecule has 24 heavy (non-hydrogen) atoms. The SMILES string of the molecule is COc1cccc(O[C@@H](C)C(=O)NCCOc2ccc(F)cc2)c1. The number of amides is 1. The fourth-order valence-corrected chi connectivity index (χ4v) is 1.95. The van der Waals surface area contributed by atoms with E-state index >= 15 is 0 Å². The van der Waals surface area contributed by atoms with Gasteiger partial charge in [0.05, 0.1) is 13.7 Å². The Morgan fingerprint density at radius 3 is 2.54 bits per heavy atom. The van der Waals surface area contributed by atoms with Crippen molar-refractivity contribution in [3.8, 4) is 17.2 Å². The van der Waals surface area contributed by atoms with Crippen LogP contribution >= 0.6 is 0 Å². The minimum Gasteiger partial charge on any atom is -0.497 e. The molecule has 0 aliphatic rings. The van der Waals surface area contributed by atoms with Gasteiger partial charge >= 0.3 is 0 Å². The molecule has 0 radical (unpaired) electrons. The van der Waals surface area contributed by atoms with Crippen molar-refractivity contribution >= 4 is 5.91 Å². The molecule has 1 amide bonds. The molecule has 0 aromatic heterocycles. The van der Waals surface area contributed by atoms with Gasteiger partial charge in [0.2, 0.25) is 0 Å². The van der Waals surface area contributed by atoms with Crippen LogP contribution in [0.2, 0.25) is 0 Å². The van der Waals surface area contributed by atoms with Gasteiger partial charge in [-0.2, -0.15) is 0 Å². The van der Waals surface area contributed by atoms with Gasteiger partial charge in [-0.15, -0.1) is 0 Å². The second-order valence-corrected chi connectivity index (χ2v) is 5.03. The van der Waals surface area contributed by atoms with Crippen molar-refractivity contribution in [1.29, 1.82) is 0 Å². The van der Waals surface area contributed by atoms with Gasteiger partial charge < -0.3 is 19.5 Å². The smallest absolute Gasteiger partial charge is 0.260 e. The Bertz CT molecular complexity index is 660. The van der Waals surface area contributed by atoms with E-state index in [4.69, 9.17) is 14.2 Å². The topological polar surface area (TPSA) is 56.8 Å². The molecule has 0 saturated carbocycles. The normalized spacial score (nSPS) is 11.5. The third-order valence-electron chi connectivity index (χ3n) is 3.21. The van der Waals surface area contributed by atoms with E-state index in [1.165, 1.54) is 24.3 Å². The summed E-state index contributed by atoms with van der Waals surface area (Å²) in [6.45, 7) is 2.26. The van der Waals surface area contributed by atoms with Gasteiger partial charge in [0.15, 0.2) is 6.10 Å². The molecule has 2 aromatic rings. The van der Waals surface area contributed by atoms with E-state index in [2.05, 4.69) is 5.32 Å². The van der Waals surface area contributed by atoms with E-state index in [1.807, 2.05) is 0 Å². The van der Waals surface area contributed by atoms with Crippen LogP contribution in [0, 0.1) is 5.82 Å². The molecule has 6 heteroatoms. The summed E-state index contributed by atoms with van der Waals surface area (Å²) in [5, 5.41) is 2.72. The monoisotopic (exact) mass is 333 g/mol. The fraction of sp³-hybridized carbons (Fsp3) is 0.278. The molecule has 1 N–H and O–H groups in total. The van der Waals surface area contributed by atoms with Crippen molar-refractivity contribution in [2.45, 2.75) is 13.0 Å². The van der Waals surface area contributed by atoms with Crippen molar-refractivity contribution in [3.05, 3.63) is 54.3 Å². The van der Waals surface area contributed by atoms with Gasteiger partial charge in [-0.3, -0.25) is 4.79 Å². The molecule has 128 valence electrons. The maximum absolute atomic E-state index is 12.8. The number of nitrogens with one attached hydrogen (secondary N) is 1. The van der Waals surface area contributed by atoms with Crippen molar-refractivity contribution in [3.63, 3.8) is 0 Å². The van der Waals surface area contributed by atoms with Crippen LogP contribution in [0.3, 0.4) is 0 Å². The number of hydrogen-bond donors (Lipinski definition) is 1. The molecule has 0 fully saturated rings. The first-order chi connectivity index (χ1) is 11.6. The van der Waals surface area contributed by atoms with Gasteiger partial charge in [0.1, 0.15) is 29.7 Å². The van der Waals surface area contributed by atoms with Crippen LogP contribution in [-0.4, -0.2) is 32.3 Å². The highest BCUT2D eigenvalue weighted by Crippen LogP contribution is 2.19. The highest BCUT2D eigenvalue weighted by atomic mass is 19.1. The number of carbonyl (C=O) groups is 1. The second-order valence-electron chi connectivity index (χ2n) is 5.03. The molecule has 0 aliphatic carbocycles. The third-order valence-corrected chi connectivity index (χ3v) is 3.21. The average molecular weight is 333 g/mol. The average Bonchev–Trinajstić information content (AvgIpc) is 2.60. The zero-order valence-electron chi connectivity index (χ0n) is 13.6. The summed E-state index contributed by atoms with van der Waals surface area (Å²) in [6.07, 6.45) is -0.650. The number of benzene rings is 2. The molecule has 0 bridgehead atoms. The van der Waals surface area contributed by atoms with Crippen LogP contribution in [0.1, 0.15) is 6.92 Å². The molecular formula is C18H20FNO4. The van der Waals surface area contributed by atoms with E-state index in [9.17, 15) is 9.18 Å². The molecule has 0 aliphatic heterocycles. The van der Waals surface area contributed by atoms with E-state index in [-0.39, 0.29) is 18.3 Å². The summed E-state index contributed by atoms with van der Waals surface area (Å²) in [6, 6.07) is 12.7. The molecule has 5 nitrogen and oxygen atoms in total. The summed E-state index contributed by atoms with van der Waals surface area (Å²) >= 11 is 0. The summed E-state index contributed by atoms with van der Waals surface area (Å²) in [5.74, 6) is 1.19. The first-order valence-electron chi connectivity index (χ1n) is 7.55. The van der Waals surface area contributed by atoms with Crippen LogP contribution < -0.4 is 19.5 Å². The molecule has 0 saturated heterocycles. The number of ether oxygens (including phenoxy) is 3. The minimum absolute atomic E-state index is 0.250. The highest BCUT2D eigenvalue weighted by molar-refractivity contribution is 5.80. The van der Waals surface area contributed by atoms with Crippen molar-refractivity contribution < 1.29 is 23.4 Å². The zero-order valence-corrected chi connectivity index (χ0v) is 13.6. The molecule has 0 heterocycles. The number of methoxy groups -OCH3 is 1.